The molecule has 0 aliphatic carbocycles. The van der Waals surface area contributed by atoms with Crippen molar-refractivity contribution in [3.8, 4) is 0 Å². The van der Waals surface area contributed by atoms with Gasteiger partial charge in [-0.3, -0.25) is 4.79 Å². The van der Waals surface area contributed by atoms with Gasteiger partial charge in [-0.1, -0.05) is 0 Å². The molecule has 128 valence electrons. The van der Waals surface area contributed by atoms with E-state index in [4.69, 9.17) is 9.90 Å². The number of piperazine rings is 1. The van der Waals surface area contributed by atoms with Crippen LogP contribution in [0.5, 0.6) is 0 Å². The summed E-state index contributed by atoms with van der Waals surface area (Å²) in [5, 5.41) is 10.4. The average molecular weight is 325 g/mol. The molecule has 0 aromatic carbocycles. The zero-order valence-corrected chi connectivity index (χ0v) is 12.5. The molecule has 1 amide bonds. The van der Waals surface area contributed by atoms with E-state index in [1.165, 1.54) is 0 Å². The molecule has 0 aromatic rings. The Morgan fingerprint density at radius 1 is 1.09 bits per heavy atom. The van der Waals surface area contributed by atoms with Crippen molar-refractivity contribution in [1.82, 2.24) is 15.1 Å². The highest BCUT2D eigenvalue weighted by Gasteiger charge is 2.38. The molecule has 0 atom stereocenters. The van der Waals surface area contributed by atoms with Crippen molar-refractivity contribution < 1.29 is 27.9 Å². The van der Waals surface area contributed by atoms with Gasteiger partial charge in [0.1, 0.15) is 0 Å². The van der Waals surface area contributed by atoms with Gasteiger partial charge in [0.25, 0.3) is 0 Å². The molecule has 6 nitrogen and oxygen atoms in total. The first kappa shape index (κ1) is 18.7. The zero-order chi connectivity index (χ0) is 16.8. The summed E-state index contributed by atoms with van der Waals surface area (Å²) in [4.78, 5) is 25.4. The van der Waals surface area contributed by atoms with E-state index in [2.05, 4.69) is 17.3 Å². The van der Waals surface area contributed by atoms with Crippen LogP contribution in [0.25, 0.3) is 0 Å². The van der Waals surface area contributed by atoms with Crippen LogP contribution in [0.15, 0.2) is 0 Å². The SMILES string of the molecule is CN1CCC(C(=O)N2CCNCC2)CC1.O=C(O)C(F)(F)F. The fourth-order valence-corrected chi connectivity index (χ4v) is 2.40. The predicted octanol–water partition coefficient (Wildman–Crippen LogP) is 0.393. The Kier molecular flexibility index (Phi) is 7.08. The van der Waals surface area contributed by atoms with Crippen LogP contribution in [0.3, 0.4) is 0 Å². The molecule has 0 saturated carbocycles. The van der Waals surface area contributed by atoms with Crippen LogP contribution < -0.4 is 5.32 Å². The summed E-state index contributed by atoms with van der Waals surface area (Å²) in [5.74, 6) is -2.07. The van der Waals surface area contributed by atoms with E-state index in [-0.39, 0.29) is 0 Å². The number of amides is 1. The first-order valence-electron chi connectivity index (χ1n) is 7.20. The summed E-state index contributed by atoms with van der Waals surface area (Å²) >= 11 is 0. The summed E-state index contributed by atoms with van der Waals surface area (Å²) in [5.41, 5.74) is 0. The normalized spacial score (nSPS) is 21.0. The second-order valence-corrected chi connectivity index (χ2v) is 5.46. The number of carbonyl (C=O) groups is 2. The van der Waals surface area contributed by atoms with E-state index in [0.29, 0.717) is 11.8 Å². The molecule has 2 aliphatic rings. The number of halogens is 3. The van der Waals surface area contributed by atoms with E-state index in [1.807, 2.05) is 4.90 Å². The number of rotatable bonds is 1. The molecular formula is C13H22F3N3O3. The van der Waals surface area contributed by atoms with Gasteiger partial charge in [0, 0.05) is 32.1 Å². The highest BCUT2D eigenvalue weighted by molar-refractivity contribution is 5.79. The third-order valence-electron chi connectivity index (χ3n) is 3.74. The Bertz CT molecular complexity index is 376. The smallest absolute Gasteiger partial charge is 0.475 e. The number of nitrogens with zero attached hydrogens (tertiary/aromatic N) is 2. The monoisotopic (exact) mass is 325 g/mol. The molecule has 22 heavy (non-hydrogen) atoms. The van der Waals surface area contributed by atoms with Gasteiger partial charge in [-0.25, -0.2) is 4.79 Å². The minimum absolute atomic E-state index is 0.291. The standard InChI is InChI=1S/C11H21N3O.C2HF3O2/c1-13-6-2-10(3-7-13)11(15)14-8-4-12-5-9-14;3-2(4,5)1(6)7/h10,12H,2-9H2,1H3;(H,6,7). The molecule has 2 rings (SSSR count). The Balaban J connectivity index is 0.000000295. The van der Waals surface area contributed by atoms with E-state index < -0.39 is 12.1 Å². The van der Waals surface area contributed by atoms with Crippen molar-refractivity contribution in [3.05, 3.63) is 0 Å². The highest BCUT2D eigenvalue weighted by atomic mass is 19.4. The molecule has 0 bridgehead atoms. The topological polar surface area (TPSA) is 72.9 Å². The molecule has 2 aliphatic heterocycles. The van der Waals surface area contributed by atoms with E-state index in [9.17, 15) is 18.0 Å². The zero-order valence-electron chi connectivity index (χ0n) is 12.5. The van der Waals surface area contributed by atoms with Crippen molar-refractivity contribution in [3.63, 3.8) is 0 Å². The Morgan fingerprint density at radius 3 is 1.95 bits per heavy atom. The summed E-state index contributed by atoms with van der Waals surface area (Å²) in [6.45, 7) is 5.85. The summed E-state index contributed by atoms with van der Waals surface area (Å²) in [7, 11) is 2.13. The largest absolute Gasteiger partial charge is 0.490 e. The van der Waals surface area contributed by atoms with Gasteiger partial charge < -0.3 is 20.2 Å². The van der Waals surface area contributed by atoms with Crippen LogP contribution in [0.4, 0.5) is 13.2 Å². The number of carbonyl (C=O) groups excluding carboxylic acids is 1. The third-order valence-corrected chi connectivity index (χ3v) is 3.74. The van der Waals surface area contributed by atoms with Crippen molar-refractivity contribution in [2.45, 2.75) is 19.0 Å². The van der Waals surface area contributed by atoms with Gasteiger partial charge in [-0.05, 0) is 33.0 Å². The Labute approximate surface area is 127 Å². The van der Waals surface area contributed by atoms with Crippen molar-refractivity contribution in [2.75, 3.05) is 46.3 Å². The first-order chi connectivity index (χ1) is 10.2. The molecule has 2 N–H and O–H groups in total. The number of piperidine rings is 1. The fourth-order valence-electron chi connectivity index (χ4n) is 2.40. The number of aliphatic carboxylic acids is 1. The van der Waals surface area contributed by atoms with Crippen LogP contribution in [0.1, 0.15) is 12.8 Å². The van der Waals surface area contributed by atoms with Gasteiger partial charge in [0.05, 0.1) is 0 Å². The van der Waals surface area contributed by atoms with Gasteiger partial charge in [0.2, 0.25) is 5.91 Å². The Hall–Kier alpha value is -1.35. The number of nitrogens with one attached hydrogen (secondary N) is 1. The van der Waals surface area contributed by atoms with Crippen LogP contribution in [0.2, 0.25) is 0 Å². The molecular weight excluding hydrogens is 303 g/mol. The fraction of sp³-hybridized carbons (Fsp3) is 0.846. The van der Waals surface area contributed by atoms with E-state index in [0.717, 1.165) is 52.1 Å². The molecule has 2 saturated heterocycles. The molecule has 0 spiro atoms. The number of likely N-dealkylation sites (tertiary alicyclic amines) is 1. The van der Waals surface area contributed by atoms with Crippen LogP contribution in [-0.2, 0) is 9.59 Å². The van der Waals surface area contributed by atoms with Crippen molar-refractivity contribution >= 4 is 11.9 Å². The quantitative estimate of drug-likeness (QED) is 0.730. The van der Waals surface area contributed by atoms with E-state index in [1.54, 1.807) is 0 Å². The number of hydrogen-bond acceptors (Lipinski definition) is 4. The van der Waals surface area contributed by atoms with Crippen molar-refractivity contribution in [2.24, 2.45) is 5.92 Å². The predicted molar refractivity (Wildman–Crippen MR) is 73.4 cm³/mol. The maximum atomic E-state index is 12.1. The lowest BCUT2D eigenvalue weighted by atomic mass is 9.95. The number of hydrogen-bond donors (Lipinski definition) is 2. The summed E-state index contributed by atoms with van der Waals surface area (Å²) in [6, 6.07) is 0. The number of carboxylic acid groups (broad SMARTS) is 1. The van der Waals surface area contributed by atoms with Crippen molar-refractivity contribution in [1.29, 1.82) is 0 Å². The lowest BCUT2D eigenvalue weighted by Gasteiger charge is -2.34. The minimum atomic E-state index is -5.08. The first-order valence-corrected chi connectivity index (χ1v) is 7.20. The summed E-state index contributed by atoms with van der Waals surface area (Å²) in [6.07, 6.45) is -3.00. The summed E-state index contributed by atoms with van der Waals surface area (Å²) < 4.78 is 31.7. The molecule has 0 aromatic heterocycles. The van der Waals surface area contributed by atoms with Gasteiger partial charge in [-0.2, -0.15) is 13.2 Å². The number of alkyl halides is 3. The second-order valence-electron chi connectivity index (χ2n) is 5.46. The maximum absolute atomic E-state index is 12.1. The molecule has 9 heteroatoms. The second kappa shape index (κ2) is 8.33. The molecule has 0 radical (unpaired) electrons. The lowest BCUT2D eigenvalue weighted by molar-refractivity contribution is -0.192. The Morgan fingerprint density at radius 2 is 1.55 bits per heavy atom. The maximum Gasteiger partial charge on any atom is 0.490 e. The van der Waals surface area contributed by atoms with Gasteiger partial charge >= 0.3 is 12.1 Å². The average Bonchev–Trinajstić information content (AvgIpc) is 2.48. The van der Waals surface area contributed by atoms with Gasteiger partial charge in [0.15, 0.2) is 0 Å². The van der Waals surface area contributed by atoms with Crippen LogP contribution >= 0.6 is 0 Å². The van der Waals surface area contributed by atoms with E-state index >= 15 is 0 Å². The lowest BCUT2D eigenvalue weighted by Crippen LogP contribution is -2.49. The molecule has 2 heterocycles. The number of carboxylic acids is 1. The third kappa shape index (κ3) is 6.18. The van der Waals surface area contributed by atoms with Crippen LogP contribution in [0, 0.1) is 5.92 Å². The minimum Gasteiger partial charge on any atom is -0.475 e. The highest BCUT2D eigenvalue weighted by Crippen LogP contribution is 2.18. The van der Waals surface area contributed by atoms with Crippen LogP contribution in [-0.4, -0.2) is 79.3 Å². The van der Waals surface area contributed by atoms with Gasteiger partial charge in [-0.15, -0.1) is 0 Å². The molecule has 0 unspecified atom stereocenters. The molecule has 2 fully saturated rings.